The molecule has 2 aromatic carbocycles. The number of nitrogens with zero attached hydrogens (tertiary/aromatic N) is 1. The van der Waals surface area contributed by atoms with Crippen molar-refractivity contribution in [3.63, 3.8) is 0 Å². The molecule has 1 N–H and O–H groups in total. The lowest BCUT2D eigenvalue weighted by Gasteiger charge is -2.30. The summed E-state index contributed by atoms with van der Waals surface area (Å²) in [7, 11) is 0. The van der Waals surface area contributed by atoms with Crippen molar-refractivity contribution >= 4 is 11.6 Å². The number of aromatic nitrogens is 1. The van der Waals surface area contributed by atoms with Crippen LogP contribution in [-0.2, 0) is 5.60 Å². The standard InChI is InChI=1S/C21H19ClFNO2/c1-14(2)26-18-8-5-15(6-9-18)21(25,16-4-3-11-24-13-16)19-10-7-17(22)12-20(19)23/h3-14,25H,1-2H3. The summed E-state index contributed by atoms with van der Waals surface area (Å²) in [6, 6.07) is 14.6. The Kier molecular flexibility index (Phi) is 5.25. The minimum atomic E-state index is -1.71. The van der Waals surface area contributed by atoms with E-state index in [4.69, 9.17) is 16.3 Å². The second kappa shape index (κ2) is 7.44. The van der Waals surface area contributed by atoms with Gasteiger partial charge in [0.2, 0.25) is 0 Å². The maximum Gasteiger partial charge on any atom is 0.144 e. The van der Waals surface area contributed by atoms with Gasteiger partial charge in [0.25, 0.3) is 0 Å². The predicted molar refractivity (Wildman–Crippen MR) is 100.0 cm³/mol. The molecular weight excluding hydrogens is 353 g/mol. The van der Waals surface area contributed by atoms with Crippen LogP contribution in [0.15, 0.2) is 67.0 Å². The van der Waals surface area contributed by atoms with E-state index in [0.29, 0.717) is 16.9 Å². The molecule has 3 rings (SSSR count). The Balaban J connectivity index is 2.15. The number of ether oxygens (including phenoxy) is 1. The third kappa shape index (κ3) is 3.57. The van der Waals surface area contributed by atoms with Gasteiger partial charge in [-0.25, -0.2) is 4.39 Å². The zero-order chi connectivity index (χ0) is 18.7. The summed E-state index contributed by atoms with van der Waals surface area (Å²) in [4.78, 5) is 4.07. The molecule has 0 spiro atoms. The highest BCUT2D eigenvalue weighted by Gasteiger charge is 2.36. The van der Waals surface area contributed by atoms with E-state index < -0.39 is 11.4 Å². The number of rotatable bonds is 5. The number of hydrogen-bond acceptors (Lipinski definition) is 3. The van der Waals surface area contributed by atoms with Gasteiger partial charge in [-0.15, -0.1) is 0 Å². The van der Waals surface area contributed by atoms with Gasteiger partial charge < -0.3 is 9.84 Å². The second-order valence-electron chi connectivity index (χ2n) is 6.27. The predicted octanol–water partition coefficient (Wildman–Crippen LogP) is 4.95. The van der Waals surface area contributed by atoms with Gasteiger partial charge in [-0.3, -0.25) is 4.98 Å². The molecule has 0 fully saturated rings. The minimum absolute atomic E-state index is 0.0340. The van der Waals surface area contributed by atoms with Crippen molar-refractivity contribution in [2.75, 3.05) is 0 Å². The Hall–Kier alpha value is -2.43. The molecule has 5 heteroatoms. The first-order valence-electron chi connectivity index (χ1n) is 8.27. The second-order valence-corrected chi connectivity index (χ2v) is 6.70. The van der Waals surface area contributed by atoms with Crippen molar-refractivity contribution in [3.05, 3.63) is 94.5 Å². The van der Waals surface area contributed by atoms with Crippen molar-refractivity contribution in [2.24, 2.45) is 0 Å². The fraction of sp³-hybridized carbons (Fsp3) is 0.190. The van der Waals surface area contributed by atoms with Gasteiger partial charge in [-0.05, 0) is 49.7 Å². The van der Waals surface area contributed by atoms with Crippen LogP contribution in [-0.4, -0.2) is 16.2 Å². The molecular formula is C21H19ClFNO2. The third-order valence-electron chi connectivity index (χ3n) is 4.04. The first kappa shape index (κ1) is 18.4. The minimum Gasteiger partial charge on any atom is -0.491 e. The van der Waals surface area contributed by atoms with E-state index >= 15 is 0 Å². The van der Waals surface area contributed by atoms with Crippen LogP contribution >= 0.6 is 11.6 Å². The van der Waals surface area contributed by atoms with Crippen molar-refractivity contribution in [1.29, 1.82) is 0 Å². The van der Waals surface area contributed by atoms with Crippen molar-refractivity contribution in [3.8, 4) is 5.75 Å². The fourth-order valence-electron chi connectivity index (χ4n) is 2.88. The van der Waals surface area contributed by atoms with E-state index in [9.17, 15) is 9.50 Å². The molecule has 3 nitrogen and oxygen atoms in total. The zero-order valence-corrected chi connectivity index (χ0v) is 15.2. The largest absolute Gasteiger partial charge is 0.491 e. The molecule has 0 aliphatic rings. The van der Waals surface area contributed by atoms with E-state index in [-0.39, 0.29) is 16.7 Å². The lowest BCUT2D eigenvalue weighted by Crippen LogP contribution is -2.30. The summed E-state index contributed by atoms with van der Waals surface area (Å²) >= 11 is 5.88. The molecule has 1 atom stereocenters. The summed E-state index contributed by atoms with van der Waals surface area (Å²) in [5.74, 6) is 0.0835. The van der Waals surface area contributed by atoms with Gasteiger partial charge in [0.15, 0.2) is 0 Å². The summed E-state index contributed by atoms with van der Waals surface area (Å²) in [5.41, 5.74) is -0.645. The highest BCUT2D eigenvalue weighted by atomic mass is 35.5. The zero-order valence-electron chi connectivity index (χ0n) is 14.5. The van der Waals surface area contributed by atoms with E-state index in [0.717, 1.165) is 0 Å². The Morgan fingerprint density at radius 1 is 1.08 bits per heavy atom. The van der Waals surface area contributed by atoms with Crippen LogP contribution in [0, 0.1) is 5.82 Å². The lowest BCUT2D eigenvalue weighted by atomic mass is 9.81. The van der Waals surface area contributed by atoms with E-state index in [1.807, 2.05) is 13.8 Å². The molecule has 1 aromatic heterocycles. The summed E-state index contributed by atoms with van der Waals surface area (Å²) < 4.78 is 20.3. The SMILES string of the molecule is CC(C)Oc1ccc(C(O)(c2cccnc2)c2ccc(Cl)cc2F)cc1. The summed E-state index contributed by atoms with van der Waals surface area (Å²) in [6.07, 6.45) is 3.15. The number of halogens is 2. The maximum atomic E-state index is 14.7. The van der Waals surface area contributed by atoms with E-state index in [1.165, 1.54) is 18.3 Å². The summed E-state index contributed by atoms with van der Waals surface area (Å²) in [5, 5.41) is 11.9. The molecule has 134 valence electrons. The highest BCUT2D eigenvalue weighted by molar-refractivity contribution is 6.30. The smallest absolute Gasteiger partial charge is 0.144 e. The van der Waals surface area contributed by atoms with E-state index in [1.54, 1.807) is 48.7 Å². The number of pyridine rings is 1. The van der Waals surface area contributed by atoms with Gasteiger partial charge in [-0.1, -0.05) is 35.9 Å². The van der Waals surface area contributed by atoms with Crippen LogP contribution in [0.4, 0.5) is 4.39 Å². The topological polar surface area (TPSA) is 42.4 Å². The molecule has 0 aliphatic heterocycles. The first-order valence-corrected chi connectivity index (χ1v) is 8.64. The van der Waals surface area contributed by atoms with Crippen LogP contribution in [0.25, 0.3) is 0 Å². The number of benzene rings is 2. The molecule has 0 bridgehead atoms. The first-order chi connectivity index (χ1) is 12.4. The third-order valence-corrected chi connectivity index (χ3v) is 4.28. The molecule has 0 saturated heterocycles. The Morgan fingerprint density at radius 3 is 2.38 bits per heavy atom. The van der Waals surface area contributed by atoms with Crippen LogP contribution in [0.5, 0.6) is 5.75 Å². The lowest BCUT2D eigenvalue weighted by molar-refractivity contribution is 0.120. The van der Waals surface area contributed by atoms with Crippen LogP contribution < -0.4 is 4.74 Å². The van der Waals surface area contributed by atoms with Gasteiger partial charge in [0.05, 0.1) is 6.10 Å². The van der Waals surface area contributed by atoms with Crippen molar-refractivity contribution in [2.45, 2.75) is 25.6 Å². The molecule has 3 aromatic rings. The van der Waals surface area contributed by atoms with Crippen LogP contribution in [0.3, 0.4) is 0 Å². The average Bonchev–Trinajstić information content (AvgIpc) is 2.62. The molecule has 1 heterocycles. The Bertz CT molecular complexity index is 884. The highest BCUT2D eigenvalue weighted by Crippen LogP contribution is 2.38. The van der Waals surface area contributed by atoms with Gasteiger partial charge >= 0.3 is 0 Å². The molecule has 0 saturated carbocycles. The van der Waals surface area contributed by atoms with Gasteiger partial charge in [-0.2, -0.15) is 0 Å². The molecule has 0 radical (unpaired) electrons. The quantitative estimate of drug-likeness (QED) is 0.690. The van der Waals surface area contributed by atoms with E-state index in [2.05, 4.69) is 4.98 Å². The van der Waals surface area contributed by atoms with Crippen molar-refractivity contribution < 1.29 is 14.2 Å². The molecule has 1 unspecified atom stereocenters. The molecule has 0 amide bonds. The van der Waals surface area contributed by atoms with Gasteiger partial charge in [0, 0.05) is 28.5 Å². The summed E-state index contributed by atoms with van der Waals surface area (Å²) in [6.45, 7) is 3.87. The number of aliphatic hydroxyl groups is 1. The Morgan fingerprint density at radius 2 is 1.81 bits per heavy atom. The normalized spacial score (nSPS) is 13.5. The monoisotopic (exact) mass is 371 g/mol. The molecule has 26 heavy (non-hydrogen) atoms. The average molecular weight is 372 g/mol. The number of hydrogen-bond donors (Lipinski definition) is 1. The van der Waals surface area contributed by atoms with Gasteiger partial charge in [0.1, 0.15) is 17.2 Å². The molecule has 0 aliphatic carbocycles. The van der Waals surface area contributed by atoms with Crippen molar-refractivity contribution in [1.82, 2.24) is 4.98 Å². The fourth-order valence-corrected chi connectivity index (χ4v) is 3.04. The van der Waals surface area contributed by atoms with Crippen LogP contribution in [0.1, 0.15) is 30.5 Å². The van der Waals surface area contributed by atoms with Crippen LogP contribution in [0.2, 0.25) is 5.02 Å². The maximum absolute atomic E-state index is 14.7. The Labute approximate surface area is 157 Å².